The van der Waals surface area contributed by atoms with Gasteiger partial charge in [0.05, 0.1) is 6.10 Å². The average molecular weight is 238 g/mol. The average Bonchev–Trinajstić information content (AvgIpc) is 2.27. The zero-order valence-corrected chi connectivity index (χ0v) is 11.4. The van der Waals surface area contributed by atoms with Crippen molar-refractivity contribution in [2.45, 2.75) is 59.0 Å². The van der Waals surface area contributed by atoms with E-state index in [9.17, 15) is 10.2 Å². The van der Waals surface area contributed by atoms with Crippen molar-refractivity contribution in [2.24, 2.45) is 17.3 Å². The van der Waals surface area contributed by atoms with E-state index in [1.165, 1.54) is 19.3 Å². The molecule has 0 aromatic carbocycles. The third-order valence-electron chi connectivity index (χ3n) is 5.14. The minimum Gasteiger partial charge on any atom is -0.396 e. The molecule has 0 spiro atoms. The van der Waals surface area contributed by atoms with E-state index in [0.717, 1.165) is 12.8 Å². The summed E-state index contributed by atoms with van der Waals surface area (Å²) in [7, 11) is 0. The lowest BCUT2D eigenvalue weighted by Gasteiger charge is -2.47. The molecule has 0 bridgehead atoms. The van der Waals surface area contributed by atoms with E-state index in [1.807, 2.05) is 0 Å². The summed E-state index contributed by atoms with van der Waals surface area (Å²) in [6.07, 6.45) is 5.34. The lowest BCUT2D eigenvalue weighted by Crippen LogP contribution is -2.42. The third kappa shape index (κ3) is 2.30. The molecule has 0 aromatic heterocycles. The minimum atomic E-state index is -0.239. The van der Waals surface area contributed by atoms with Crippen molar-refractivity contribution in [2.75, 3.05) is 6.61 Å². The quantitative estimate of drug-likeness (QED) is 0.726. The number of aliphatic hydroxyl groups excluding tert-OH is 2. The topological polar surface area (TPSA) is 40.5 Å². The van der Waals surface area contributed by atoms with Gasteiger partial charge in [-0.15, -0.1) is 0 Å². The molecule has 1 saturated carbocycles. The summed E-state index contributed by atoms with van der Waals surface area (Å²) in [5.41, 5.74) is 3.35. The number of rotatable bonds is 2. The maximum Gasteiger partial charge on any atom is 0.0583 e. The Hall–Kier alpha value is -0.340. The van der Waals surface area contributed by atoms with Crippen LogP contribution in [0.2, 0.25) is 0 Å². The summed E-state index contributed by atoms with van der Waals surface area (Å²) >= 11 is 0. The lowest BCUT2D eigenvalue weighted by molar-refractivity contribution is -0.00260. The summed E-state index contributed by atoms with van der Waals surface area (Å²) < 4.78 is 0. The van der Waals surface area contributed by atoms with Gasteiger partial charge in [-0.2, -0.15) is 0 Å². The predicted octanol–water partition coefficient (Wildman–Crippen LogP) is 2.89. The molecule has 1 unspecified atom stereocenters. The first kappa shape index (κ1) is 13.1. The van der Waals surface area contributed by atoms with Crippen molar-refractivity contribution in [3.05, 3.63) is 11.1 Å². The molecule has 2 rings (SSSR count). The molecule has 1 fully saturated rings. The summed E-state index contributed by atoms with van der Waals surface area (Å²) in [5, 5.41) is 19.6. The Morgan fingerprint density at radius 1 is 1.47 bits per heavy atom. The first-order valence-electron chi connectivity index (χ1n) is 6.96. The predicted molar refractivity (Wildman–Crippen MR) is 69.6 cm³/mol. The summed E-state index contributed by atoms with van der Waals surface area (Å²) in [4.78, 5) is 0. The van der Waals surface area contributed by atoms with Crippen molar-refractivity contribution in [3.63, 3.8) is 0 Å². The van der Waals surface area contributed by atoms with Crippen LogP contribution >= 0.6 is 0 Å². The highest BCUT2D eigenvalue weighted by Crippen LogP contribution is 2.52. The van der Waals surface area contributed by atoms with E-state index >= 15 is 0 Å². The summed E-state index contributed by atoms with van der Waals surface area (Å²) in [6.45, 7) is 6.80. The Morgan fingerprint density at radius 3 is 2.82 bits per heavy atom. The highest BCUT2D eigenvalue weighted by Gasteiger charge is 2.43. The number of fused-ring (bicyclic) bond motifs is 1. The lowest BCUT2D eigenvalue weighted by atomic mass is 9.59. The fraction of sp³-hybridized carbons (Fsp3) is 0.867. The molecular formula is C15H26O2. The fourth-order valence-electron chi connectivity index (χ4n) is 3.91. The second-order valence-corrected chi connectivity index (χ2v) is 6.47. The first-order chi connectivity index (χ1) is 7.98. The van der Waals surface area contributed by atoms with Gasteiger partial charge in [0.1, 0.15) is 0 Å². The van der Waals surface area contributed by atoms with Gasteiger partial charge >= 0.3 is 0 Å². The molecule has 0 aliphatic heterocycles. The molecule has 4 atom stereocenters. The van der Waals surface area contributed by atoms with Crippen LogP contribution in [-0.4, -0.2) is 22.9 Å². The molecular weight excluding hydrogens is 212 g/mol. The van der Waals surface area contributed by atoms with E-state index in [2.05, 4.69) is 20.8 Å². The van der Waals surface area contributed by atoms with Gasteiger partial charge in [0.25, 0.3) is 0 Å². The summed E-state index contributed by atoms with van der Waals surface area (Å²) in [5.74, 6) is 0.452. The highest BCUT2D eigenvalue weighted by molar-refractivity contribution is 5.26. The molecule has 2 aliphatic rings. The SMILES string of the molecule is CC1=C2C[C@@H](C(C)CO)[C@@H](O)C[C@]2(C)CCC1. The molecule has 2 N–H and O–H groups in total. The fourth-order valence-corrected chi connectivity index (χ4v) is 3.91. The molecule has 17 heavy (non-hydrogen) atoms. The zero-order valence-electron chi connectivity index (χ0n) is 11.4. The van der Waals surface area contributed by atoms with Crippen molar-refractivity contribution in [3.8, 4) is 0 Å². The molecule has 0 heterocycles. The standard InChI is InChI=1S/C15H26O2/c1-10-5-4-6-15(3)8-14(17)12(7-13(10)15)11(2)9-16/h11-12,14,16-17H,4-9H2,1-3H3/t11?,12-,14-,15-/m0/s1. The summed E-state index contributed by atoms with van der Waals surface area (Å²) in [6, 6.07) is 0. The largest absolute Gasteiger partial charge is 0.396 e. The van der Waals surface area contributed by atoms with E-state index in [1.54, 1.807) is 11.1 Å². The Labute approximate surface area is 105 Å². The maximum absolute atomic E-state index is 10.3. The van der Waals surface area contributed by atoms with Crippen molar-refractivity contribution < 1.29 is 10.2 Å². The van der Waals surface area contributed by atoms with Gasteiger partial charge in [0.15, 0.2) is 0 Å². The zero-order chi connectivity index (χ0) is 12.6. The smallest absolute Gasteiger partial charge is 0.0583 e. The Bertz CT molecular complexity index is 321. The number of hydrogen-bond donors (Lipinski definition) is 2. The van der Waals surface area contributed by atoms with E-state index in [4.69, 9.17) is 0 Å². The normalized spacial score (nSPS) is 40.1. The molecule has 2 nitrogen and oxygen atoms in total. The van der Waals surface area contributed by atoms with Crippen LogP contribution < -0.4 is 0 Å². The molecule has 0 radical (unpaired) electrons. The van der Waals surface area contributed by atoms with Gasteiger partial charge < -0.3 is 10.2 Å². The van der Waals surface area contributed by atoms with Gasteiger partial charge in [-0.3, -0.25) is 0 Å². The van der Waals surface area contributed by atoms with Crippen LogP contribution in [0.3, 0.4) is 0 Å². The third-order valence-corrected chi connectivity index (χ3v) is 5.14. The molecule has 0 aromatic rings. The van der Waals surface area contributed by atoms with Crippen LogP contribution in [0, 0.1) is 17.3 Å². The molecule has 0 saturated heterocycles. The van der Waals surface area contributed by atoms with Crippen molar-refractivity contribution in [1.29, 1.82) is 0 Å². The van der Waals surface area contributed by atoms with Gasteiger partial charge in [0, 0.05) is 6.61 Å². The van der Waals surface area contributed by atoms with Crippen LogP contribution in [0.5, 0.6) is 0 Å². The van der Waals surface area contributed by atoms with E-state index < -0.39 is 0 Å². The highest BCUT2D eigenvalue weighted by atomic mass is 16.3. The van der Waals surface area contributed by atoms with Gasteiger partial charge in [-0.25, -0.2) is 0 Å². The molecule has 0 amide bonds. The number of aliphatic hydroxyl groups is 2. The molecule has 98 valence electrons. The van der Waals surface area contributed by atoms with Crippen molar-refractivity contribution >= 4 is 0 Å². The monoisotopic (exact) mass is 238 g/mol. The van der Waals surface area contributed by atoms with Gasteiger partial charge in [-0.05, 0) is 56.3 Å². The van der Waals surface area contributed by atoms with E-state index in [-0.39, 0.29) is 30.0 Å². The van der Waals surface area contributed by atoms with Crippen LogP contribution in [0.4, 0.5) is 0 Å². The number of allylic oxidation sites excluding steroid dienone is 2. The van der Waals surface area contributed by atoms with Gasteiger partial charge in [0.2, 0.25) is 0 Å². The Morgan fingerprint density at radius 2 is 2.18 bits per heavy atom. The Kier molecular flexibility index (Phi) is 3.65. The maximum atomic E-state index is 10.3. The Balaban J connectivity index is 2.25. The van der Waals surface area contributed by atoms with Crippen LogP contribution in [0.1, 0.15) is 52.9 Å². The van der Waals surface area contributed by atoms with Gasteiger partial charge in [-0.1, -0.05) is 25.0 Å². The van der Waals surface area contributed by atoms with Crippen LogP contribution in [0.25, 0.3) is 0 Å². The minimum absolute atomic E-state index is 0.185. The van der Waals surface area contributed by atoms with E-state index in [0.29, 0.717) is 0 Å². The molecule has 2 heteroatoms. The second-order valence-electron chi connectivity index (χ2n) is 6.47. The first-order valence-corrected chi connectivity index (χ1v) is 6.96. The number of hydrogen-bond acceptors (Lipinski definition) is 2. The second kappa shape index (κ2) is 4.74. The van der Waals surface area contributed by atoms with Crippen LogP contribution in [-0.2, 0) is 0 Å². The molecule has 2 aliphatic carbocycles. The van der Waals surface area contributed by atoms with Crippen LogP contribution in [0.15, 0.2) is 11.1 Å². The van der Waals surface area contributed by atoms with Crippen molar-refractivity contribution in [1.82, 2.24) is 0 Å².